The van der Waals surface area contributed by atoms with Gasteiger partial charge in [-0.2, -0.15) is 5.10 Å². The maximum atomic E-state index is 5.56. The van der Waals surface area contributed by atoms with Crippen molar-refractivity contribution in [2.24, 2.45) is 11.0 Å². The van der Waals surface area contributed by atoms with Crippen molar-refractivity contribution in [2.75, 3.05) is 67.4 Å². The van der Waals surface area contributed by atoms with E-state index in [9.17, 15) is 0 Å². The molecule has 0 radical (unpaired) electrons. The van der Waals surface area contributed by atoms with E-state index in [-0.39, 0.29) is 12.0 Å². The Bertz CT molecular complexity index is 1620. The summed E-state index contributed by atoms with van der Waals surface area (Å²) >= 11 is 0. The Hall–Kier alpha value is -4.20. The first kappa shape index (κ1) is 27.6. The molecule has 43 heavy (non-hydrogen) atoms. The maximum Gasteiger partial charge on any atom is 0.150 e. The molecule has 0 bridgehead atoms. The summed E-state index contributed by atoms with van der Waals surface area (Å²) in [6, 6.07) is 28.4. The normalized spacial score (nSPS) is 21.2. The minimum atomic E-state index is 0.0372. The number of fused-ring (bicyclic) bond motifs is 1. The van der Waals surface area contributed by atoms with Gasteiger partial charge in [-0.25, -0.2) is 9.99 Å². The molecule has 3 aromatic carbocycles. The number of ether oxygens (including phenoxy) is 2. The molecule has 3 aliphatic heterocycles. The molecule has 2 saturated heterocycles. The van der Waals surface area contributed by atoms with Crippen molar-refractivity contribution in [3.8, 4) is 0 Å². The minimum absolute atomic E-state index is 0.0372. The lowest BCUT2D eigenvalue weighted by Gasteiger charge is -2.30. The van der Waals surface area contributed by atoms with E-state index in [1.165, 1.54) is 27.9 Å². The summed E-state index contributed by atoms with van der Waals surface area (Å²) in [5, 5.41) is 8.52. The molecule has 0 amide bonds. The number of allylic oxidation sites excluding steroid dienone is 1. The van der Waals surface area contributed by atoms with Crippen LogP contribution in [0.25, 0.3) is 17.0 Å². The van der Waals surface area contributed by atoms with Gasteiger partial charge in [-0.15, -0.1) is 0 Å². The number of morpholine rings is 2. The minimum Gasteiger partial charge on any atom is -0.378 e. The van der Waals surface area contributed by atoms with Crippen LogP contribution in [0.1, 0.15) is 29.7 Å². The Balaban J connectivity index is 1.19. The van der Waals surface area contributed by atoms with Gasteiger partial charge < -0.3 is 19.3 Å². The second kappa shape index (κ2) is 12.2. The maximum absolute atomic E-state index is 5.56. The number of hydrazone groups is 1. The molecule has 0 aliphatic carbocycles. The van der Waals surface area contributed by atoms with E-state index in [0.717, 1.165) is 75.2 Å². The highest BCUT2D eigenvalue weighted by molar-refractivity contribution is 6.02. The Morgan fingerprint density at radius 2 is 1.35 bits per heavy atom. The first-order valence-electron chi connectivity index (χ1n) is 15.4. The average Bonchev–Trinajstić information content (AvgIpc) is 3.40. The molecule has 0 saturated carbocycles. The van der Waals surface area contributed by atoms with Crippen LogP contribution in [-0.2, 0) is 9.47 Å². The number of para-hydroxylation sites is 1. The predicted octanol–water partition coefficient (Wildman–Crippen LogP) is 6.48. The molecule has 0 N–H and O–H groups in total. The molecule has 4 heterocycles. The number of aryl methyl sites for hydroxylation is 1. The van der Waals surface area contributed by atoms with Crippen molar-refractivity contribution in [2.45, 2.75) is 19.9 Å². The van der Waals surface area contributed by atoms with Gasteiger partial charge in [0.05, 0.1) is 43.7 Å². The molecule has 0 spiro atoms. The van der Waals surface area contributed by atoms with Gasteiger partial charge in [-0.3, -0.25) is 0 Å². The van der Waals surface area contributed by atoms with E-state index < -0.39 is 0 Å². The molecule has 7 heteroatoms. The van der Waals surface area contributed by atoms with E-state index in [1.807, 2.05) is 0 Å². The number of anilines is 3. The number of aromatic nitrogens is 1. The summed E-state index contributed by atoms with van der Waals surface area (Å²) < 4.78 is 11.1. The van der Waals surface area contributed by atoms with Crippen LogP contribution in [0.4, 0.5) is 17.2 Å². The molecule has 2 fully saturated rings. The predicted molar refractivity (Wildman–Crippen MR) is 176 cm³/mol. The summed E-state index contributed by atoms with van der Waals surface area (Å²) in [5.41, 5.74) is 8.13. The Morgan fingerprint density at radius 1 is 0.744 bits per heavy atom. The second-order valence-electron chi connectivity index (χ2n) is 11.6. The van der Waals surface area contributed by atoms with Gasteiger partial charge in [0.2, 0.25) is 0 Å². The lowest BCUT2D eigenvalue weighted by atomic mass is 9.91. The summed E-state index contributed by atoms with van der Waals surface area (Å²) in [5.74, 6) is 1.05. The van der Waals surface area contributed by atoms with Crippen LogP contribution in [-0.4, -0.2) is 63.3 Å². The standard InChI is InChI=1S/C36H39N5O2/c1-26-25-35(37-34-6-4-3-5-32(26)34)41-36(29-10-14-31(15-11-29)40-19-23-43-24-20-40)27(2)33(38-41)16-9-28-7-12-30(13-8-28)39-17-21-42-22-18-39/h3-16,25,27,36H,17-24H2,1-2H3. The van der Waals surface area contributed by atoms with Crippen molar-refractivity contribution in [3.63, 3.8) is 0 Å². The number of rotatable bonds is 6. The molecule has 2 atom stereocenters. The smallest absolute Gasteiger partial charge is 0.150 e. The zero-order valence-corrected chi connectivity index (χ0v) is 25.0. The number of hydrogen-bond acceptors (Lipinski definition) is 7. The van der Waals surface area contributed by atoms with Gasteiger partial charge in [-0.1, -0.05) is 55.5 Å². The van der Waals surface area contributed by atoms with Crippen molar-refractivity contribution < 1.29 is 9.47 Å². The summed E-state index contributed by atoms with van der Waals surface area (Å²) in [6.07, 6.45) is 4.36. The van der Waals surface area contributed by atoms with E-state index in [0.29, 0.717) is 0 Å². The molecule has 4 aromatic rings. The largest absolute Gasteiger partial charge is 0.378 e. The van der Waals surface area contributed by atoms with Crippen LogP contribution in [0.5, 0.6) is 0 Å². The zero-order valence-electron chi connectivity index (χ0n) is 25.0. The Morgan fingerprint density at radius 3 is 2.00 bits per heavy atom. The number of nitrogens with zero attached hydrogens (tertiary/aromatic N) is 5. The third-order valence-electron chi connectivity index (χ3n) is 8.90. The number of hydrogen-bond donors (Lipinski definition) is 0. The topological polar surface area (TPSA) is 53.4 Å². The summed E-state index contributed by atoms with van der Waals surface area (Å²) in [4.78, 5) is 9.86. The number of benzene rings is 3. The first-order valence-corrected chi connectivity index (χ1v) is 15.4. The summed E-state index contributed by atoms with van der Waals surface area (Å²) in [7, 11) is 0. The van der Waals surface area contributed by atoms with Crippen molar-refractivity contribution >= 4 is 39.9 Å². The van der Waals surface area contributed by atoms with Crippen LogP contribution in [0, 0.1) is 12.8 Å². The molecule has 3 aliphatic rings. The molecule has 220 valence electrons. The van der Waals surface area contributed by atoms with Gasteiger partial charge in [0.25, 0.3) is 0 Å². The van der Waals surface area contributed by atoms with Crippen LogP contribution in [0.15, 0.2) is 90.0 Å². The molecule has 2 unspecified atom stereocenters. The van der Waals surface area contributed by atoms with Crippen molar-refractivity contribution in [1.82, 2.24) is 4.98 Å². The quantitative estimate of drug-likeness (QED) is 0.263. The third kappa shape index (κ3) is 5.75. The van der Waals surface area contributed by atoms with Crippen molar-refractivity contribution in [3.05, 3.63) is 102 Å². The second-order valence-corrected chi connectivity index (χ2v) is 11.6. The van der Waals surface area contributed by atoms with Crippen molar-refractivity contribution in [1.29, 1.82) is 0 Å². The molecular formula is C36H39N5O2. The van der Waals surface area contributed by atoms with E-state index in [2.05, 4.69) is 120 Å². The van der Waals surface area contributed by atoms with Crippen LogP contribution in [0.2, 0.25) is 0 Å². The fourth-order valence-corrected chi connectivity index (χ4v) is 6.41. The lowest BCUT2D eigenvalue weighted by molar-refractivity contribution is 0.122. The van der Waals surface area contributed by atoms with E-state index >= 15 is 0 Å². The van der Waals surface area contributed by atoms with E-state index in [1.54, 1.807) is 0 Å². The third-order valence-corrected chi connectivity index (χ3v) is 8.90. The van der Waals surface area contributed by atoms with Crippen LogP contribution in [0.3, 0.4) is 0 Å². The van der Waals surface area contributed by atoms with Gasteiger partial charge in [-0.05, 0) is 66.1 Å². The average molecular weight is 574 g/mol. The SMILES string of the molecule is Cc1cc(N2N=C(C=Cc3ccc(N4CCOCC4)cc3)C(C)C2c2ccc(N3CCOCC3)cc2)nc2ccccc12. The molecule has 1 aromatic heterocycles. The Kier molecular flexibility index (Phi) is 7.83. The summed E-state index contributed by atoms with van der Waals surface area (Å²) in [6.45, 7) is 11.3. The monoisotopic (exact) mass is 573 g/mol. The molecule has 7 nitrogen and oxygen atoms in total. The van der Waals surface area contributed by atoms with Gasteiger partial charge in [0.15, 0.2) is 0 Å². The molecule has 7 rings (SSSR count). The van der Waals surface area contributed by atoms with Crippen LogP contribution >= 0.6 is 0 Å². The molecular weight excluding hydrogens is 534 g/mol. The number of pyridine rings is 1. The van der Waals surface area contributed by atoms with Gasteiger partial charge in [0, 0.05) is 48.9 Å². The highest BCUT2D eigenvalue weighted by Gasteiger charge is 2.36. The van der Waals surface area contributed by atoms with Gasteiger partial charge in [0.1, 0.15) is 5.82 Å². The fourth-order valence-electron chi connectivity index (χ4n) is 6.41. The van der Waals surface area contributed by atoms with Crippen LogP contribution < -0.4 is 14.8 Å². The highest BCUT2D eigenvalue weighted by atomic mass is 16.5. The van der Waals surface area contributed by atoms with Gasteiger partial charge >= 0.3 is 0 Å². The Labute approximate surface area is 254 Å². The first-order chi connectivity index (χ1) is 21.1. The zero-order chi connectivity index (χ0) is 29.2. The fraction of sp³-hybridized carbons (Fsp3) is 0.333. The highest BCUT2D eigenvalue weighted by Crippen LogP contribution is 2.40. The lowest BCUT2D eigenvalue weighted by Crippen LogP contribution is -2.36. The van der Waals surface area contributed by atoms with E-state index in [4.69, 9.17) is 19.6 Å².